The third kappa shape index (κ3) is 6.22. The number of ether oxygens (including phenoxy) is 1. The molecular weight excluding hydrogens is 206 g/mol. The van der Waals surface area contributed by atoms with E-state index in [0.717, 1.165) is 12.8 Å². The number of esters is 1. The lowest BCUT2D eigenvalue weighted by Gasteiger charge is -2.18. The molecule has 0 aromatic carbocycles. The Labute approximate surface area is 97.3 Å². The highest BCUT2D eigenvalue weighted by Gasteiger charge is 2.06. The second kappa shape index (κ2) is 8.95. The van der Waals surface area contributed by atoms with Gasteiger partial charge < -0.3 is 9.64 Å². The summed E-state index contributed by atoms with van der Waals surface area (Å²) < 4.78 is 4.93. The third-order valence-corrected chi connectivity index (χ3v) is 2.24. The maximum Gasteiger partial charge on any atom is 0.305 e. The smallest absolute Gasteiger partial charge is 0.305 e. The third-order valence-electron chi connectivity index (χ3n) is 2.24. The number of hydrogen-bond donors (Lipinski definition) is 0. The van der Waals surface area contributed by atoms with E-state index in [1.165, 1.54) is 6.08 Å². The number of rotatable bonds is 8. The molecule has 4 heteroatoms. The van der Waals surface area contributed by atoms with Crippen LogP contribution in [-0.2, 0) is 14.3 Å². The van der Waals surface area contributed by atoms with E-state index in [9.17, 15) is 9.59 Å². The Morgan fingerprint density at radius 3 is 2.50 bits per heavy atom. The van der Waals surface area contributed by atoms with Gasteiger partial charge in [-0.15, -0.1) is 0 Å². The van der Waals surface area contributed by atoms with Crippen LogP contribution < -0.4 is 0 Å². The highest BCUT2D eigenvalue weighted by molar-refractivity contribution is 5.86. The number of unbranched alkanes of at least 4 members (excludes halogenated alkanes) is 1. The van der Waals surface area contributed by atoms with Gasteiger partial charge >= 0.3 is 5.97 Å². The van der Waals surface area contributed by atoms with E-state index in [1.807, 2.05) is 6.92 Å². The van der Waals surface area contributed by atoms with Crippen molar-refractivity contribution in [2.75, 3.05) is 19.7 Å². The minimum atomic E-state index is -0.172. The van der Waals surface area contributed by atoms with E-state index >= 15 is 0 Å². The summed E-state index contributed by atoms with van der Waals surface area (Å²) in [5, 5.41) is 0. The molecule has 1 amide bonds. The largest absolute Gasteiger partial charge is 0.466 e. The summed E-state index contributed by atoms with van der Waals surface area (Å²) in [6.45, 7) is 8.95. The second-order valence-electron chi connectivity index (χ2n) is 3.40. The molecule has 0 bridgehead atoms. The lowest BCUT2D eigenvalue weighted by atomic mass is 10.3. The zero-order valence-corrected chi connectivity index (χ0v) is 10.2. The van der Waals surface area contributed by atoms with Crippen molar-refractivity contribution in [2.45, 2.75) is 33.1 Å². The van der Waals surface area contributed by atoms with Crippen LogP contribution in [0.4, 0.5) is 0 Å². The lowest BCUT2D eigenvalue weighted by Crippen LogP contribution is -2.30. The van der Waals surface area contributed by atoms with Gasteiger partial charge in [-0.1, -0.05) is 13.5 Å². The maximum atomic E-state index is 11.3. The molecule has 0 aromatic heterocycles. The van der Waals surface area contributed by atoms with Crippen molar-refractivity contribution in [3.63, 3.8) is 0 Å². The Bertz CT molecular complexity index is 238. The fourth-order valence-electron chi connectivity index (χ4n) is 1.25. The minimum absolute atomic E-state index is 0.0481. The summed E-state index contributed by atoms with van der Waals surface area (Å²) in [6.07, 6.45) is 3.35. The van der Waals surface area contributed by atoms with Gasteiger partial charge in [0.05, 0.1) is 6.61 Å². The van der Waals surface area contributed by atoms with Gasteiger partial charge in [-0.3, -0.25) is 9.59 Å². The molecule has 0 aliphatic heterocycles. The van der Waals surface area contributed by atoms with E-state index in [1.54, 1.807) is 11.8 Å². The fourth-order valence-corrected chi connectivity index (χ4v) is 1.25. The number of nitrogens with zero attached hydrogens (tertiary/aromatic N) is 1. The number of amides is 1. The quantitative estimate of drug-likeness (QED) is 0.360. The summed E-state index contributed by atoms with van der Waals surface area (Å²) in [5.74, 6) is -0.220. The number of carbonyl (C=O) groups excluding carboxylic acids is 2. The first kappa shape index (κ1) is 14.7. The van der Waals surface area contributed by atoms with Crippen LogP contribution in [-0.4, -0.2) is 36.5 Å². The Kier molecular flexibility index (Phi) is 8.21. The van der Waals surface area contributed by atoms with Crippen molar-refractivity contribution in [2.24, 2.45) is 0 Å². The van der Waals surface area contributed by atoms with Crippen molar-refractivity contribution < 1.29 is 14.3 Å². The second-order valence-corrected chi connectivity index (χ2v) is 3.40. The molecule has 16 heavy (non-hydrogen) atoms. The molecule has 4 nitrogen and oxygen atoms in total. The molecular formula is C12H21NO3. The van der Waals surface area contributed by atoms with Crippen LogP contribution in [0.1, 0.15) is 33.1 Å². The van der Waals surface area contributed by atoms with Crippen LogP contribution in [0.15, 0.2) is 12.7 Å². The summed E-state index contributed by atoms with van der Waals surface area (Å²) >= 11 is 0. The first-order valence-electron chi connectivity index (χ1n) is 5.72. The SMILES string of the molecule is C=CC(=O)N(CC)CCCCOC(=O)CC. The molecule has 0 N–H and O–H groups in total. The Hall–Kier alpha value is -1.32. The maximum absolute atomic E-state index is 11.3. The van der Waals surface area contributed by atoms with E-state index in [2.05, 4.69) is 6.58 Å². The predicted octanol–water partition coefficient (Wildman–Crippen LogP) is 1.75. The van der Waals surface area contributed by atoms with Gasteiger partial charge in [0.25, 0.3) is 0 Å². The van der Waals surface area contributed by atoms with Gasteiger partial charge in [0.15, 0.2) is 0 Å². The molecule has 0 atom stereocenters. The van der Waals surface area contributed by atoms with Crippen LogP contribution in [0.2, 0.25) is 0 Å². The van der Waals surface area contributed by atoms with E-state index in [-0.39, 0.29) is 11.9 Å². The Morgan fingerprint density at radius 1 is 1.31 bits per heavy atom. The molecule has 0 aromatic rings. The van der Waals surface area contributed by atoms with Crippen LogP contribution in [0.5, 0.6) is 0 Å². The minimum Gasteiger partial charge on any atom is -0.466 e. The average Bonchev–Trinajstić information content (AvgIpc) is 2.32. The van der Waals surface area contributed by atoms with E-state index in [0.29, 0.717) is 26.1 Å². The first-order chi connectivity index (χ1) is 7.65. The van der Waals surface area contributed by atoms with Gasteiger partial charge in [-0.25, -0.2) is 0 Å². The summed E-state index contributed by atoms with van der Waals surface area (Å²) in [7, 11) is 0. The van der Waals surface area contributed by atoms with Crippen molar-refractivity contribution in [3.8, 4) is 0 Å². The van der Waals surface area contributed by atoms with Crippen LogP contribution in [0.25, 0.3) is 0 Å². The number of hydrogen-bond acceptors (Lipinski definition) is 3. The topological polar surface area (TPSA) is 46.6 Å². The van der Waals surface area contributed by atoms with Gasteiger partial charge in [0.1, 0.15) is 0 Å². The normalized spacial score (nSPS) is 9.62. The van der Waals surface area contributed by atoms with Gasteiger partial charge in [-0.05, 0) is 25.8 Å². The first-order valence-corrected chi connectivity index (χ1v) is 5.72. The van der Waals surface area contributed by atoms with Crippen molar-refractivity contribution in [1.82, 2.24) is 4.90 Å². The summed E-state index contributed by atoms with van der Waals surface area (Å²) in [6, 6.07) is 0. The number of carbonyl (C=O) groups is 2. The predicted molar refractivity (Wildman–Crippen MR) is 62.9 cm³/mol. The van der Waals surface area contributed by atoms with E-state index in [4.69, 9.17) is 4.74 Å². The molecule has 0 spiro atoms. The summed E-state index contributed by atoms with van der Waals surface area (Å²) in [5.41, 5.74) is 0. The highest BCUT2D eigenvalue weighted by atomic mass is 16.5. The van der Waals surface area contributed by atoms with Crippen LogP contribution in [0.3, 0.4) is 0 Å². The Balaban J connectivity index is 3.59. The van der Waals surface area contributed by atoms with Crippen LogP contribution in [0, 0.1) is 0 Å². The molecule has 0 aliphatic carbocycles. The number of likely N-dealkylation sites (N-methyl/N-ethyl adjacent to an activating group) is 1. The van der Waals surface area contributed by atoms with Crippen molar-refractivity contribution >= 4 is 11.9 Å². The molecule has 0 rings (SSSR count). The van der Waals surface area contributed by atoms with Gasteiger partial charge in [0.2, 0.25) is 5.91 Å². The molecule has 0 saturated heterocycles. The van der Waals surface area contributed by atoms with E-state index < -0.39 is 0 Å². The average molecular weight is 227 g/mol. The fraction of sp³-hybridized carbons (Fsp3) is 0.667. The molecule has 0 fully saturated rings. The monoisotopic (exact) mass is 227 g/mol. The molecule has 0 unspecified atom stereocenters. The molecule has 0 saturated carbocycles. The summed E-state index contributed by atoms with van der Waals surface area (Å²) in [4.78, 5) is 23.8. The van der Waals surface area contributed by atoms with Crippen molar-refractivity contribution in [1.29, 1.82) is 0 Å². The zero-order chi connectivity index (χ0) is 12.4. The van der Waals surface area contributed by atoms with Crippen molar-refractivity contribution in [3.05, 3.63) is 12.7 Å². The molecule has 0 aliphatic rings. The highest BCUT2D eigenvalue weighted by Crippen LogP contribution is 1.98. The zero-order valence-electron chi connectivity index (χ0n) is 10.2. The lowest BCUT2D eigenvalue weighted by molar-refractivity contribution is -0.143. The molecule has 0 radical (unpaired) electrons. The molecule has 0 heterocycles. The molecule has 92 valence electrons. The van der Waals surface area contributed by atoms with Crippen LogP contribution >= 0.6 is 0 Å². The Morgan fingerprint density at radius 2 is 2.00 bits per heavy atom. The standard InChI is InChI=1S/C12H21NO3/c1-4-11(14)13(6-3)9-7-8-10-16-12(15)5-2/h4H,1,5-10H2,2-3H3. The van der Waals surface area contributed by atoms with Gasteiger partial charge in [0, 0.05) is 19.5 Å². The van der Waals surface area contributed by atoms with Gasteiger partial charge in [-0.2, -0.15) is 0 Å².